The molecule has 1 atom stereocenters. The minimum atomic E-state index is -0.801. The first kappa shape index (κ1) is 15.8. The third-order valence-corrected chi connectivity index (χ3v) is 4.46. The number of halogens is 1. The van der Waals surface area contributed by atoms with Gasteiger partial charge >= 0.3 is 0 Å². The molecule has 7 heteroatoms. The summed E-state index contributed by atoms with van der Waals surface area (Å²) in [5, 5.41) is 3.38. The molecule has 1 amide bonds. The van der Waals surface area contributed by atoms with Crippen molar-refractivity contribution in [3.8, 4) is 0 Å². The number of nitrogens with zero attached hydrogens (tertiary/aromatic N) is 4. The van der Waals surface area contributed by atoms with Gasteiger partial charge in [0.25, 0.3) is 0 Å². The number of rotatable bonds is 4. The van der Waals surface area contributed by atoms with E-state index in [0.717, 1.165) is 18.7 Å². The standard InChI is InChI=1S/C16H18ClN5O/c1-18-15(23)16(14-10-19-6-7-20-14)5-2-8-22(16)11-13-4-3-12(17)9-21-13/h3-4,6-7,9-10H,2,5,8,11H2,1H3,(H,18,23)/t16-/m1/s1. The van der Waals surface area contributed by atoms with Gasteiger partial charge in [0.05, 0.1) is 22.6 Å². The number of carbonyl (C=O) groups is 1. The lowest BCUT2D eigenvalue weighted by Crippen LogP contribution is -2.52. The molecule has 1 aliphatic rings. The van der Waals surface area contributed by atoms with E-state index in [9.17, 15) is 4.79 Å². The molecule has 1 aliphatic heterocycles. The fourth-order valence-electron chi connectivity index (χ4n) is 3.17. The Bertz CT molecular complexity index is 679. The van der Waals surface area contributed by atoms with Gasteiger partial charge in [-0.25, -0.2) is 0 Å². The maximum absolute atomic E-state index is 12.7. The van der Waals surface area contributed by atoms with Crippen molar-refractivity contribution in [1.29, 1.82) is 0 Å². The molecule has 2 aromatic rings. The molecule has 0 aromatic carbocycles. The highest BCUT2D eigenvalue weighted by molar-refractivity contribution is 6.30. The number of pyridine rings is 1. The molecule has 0 spiro atoms. The fraction of sp³-hybridized carbons (Fsp3) is 0.375. The summed E-state index contributed by atoms with van der Waals surface area (Å²) < 4.78 is 0. The van der Waals surface area contributed by atoms with Gasteiger partial charge < -0.3 is 5.32 Å². The summed E-state index contributed by atoms with van der Waals surface area (Å²) >= 11 is 5.89. The van der Waals surface area contributed by atoms with Crippen molar-refractivity contribution >= 4 is 17.5 Å². The summed E-state index contributed by atoms with van der Waals surface area (Å²) in [6.45, 7) is 1.36. The largest absolute Gasteiger partial charge is 0.357 e. The molecule has 1 N–H and O–H groups in total. The van der Waals surface area contributed by atoms with Crippen LogP contribution in [0.3, 0.4) is 0 Å². The van der Waals surface area contributed by atoms with Crippen molar-refractivity contribution in [3.05, 3.63) is 53.3 Å². The normalized spacial score (nSPS) is 21.3. The summed E-state index contributed by atoms with van der Waals surface area (Å²) in [6, 6.07) is 3.69. The molecule has 1 fully saturated rings. The molecular formula is C16H18ClN5O. The van der Waals surface area contributed by atoms with Gasteiger partial charge in [0.1, 0.15) is 5.54 Å². The Morgan fingerprint density at radius 1 is 1.35 bits per heavy atom. The van der Waals surface area contributed by atoms with Gasteiger partial charge in [-0.15, -0.1) is 0 Å². The minimum Gasteiger partial charge on any atom is -0.357 e. The molecule has 0 aliphatic carbocycles. The molecule has 6 nitrogen and oxygen atoms in total. The van der Waals surface area contributed by atoms with Crippen LogP contribution in [0, 0.1) is 0 Å². The van der Waals surface area contributed by atoms with Gasteiger partial charge in [0.2, 0.25) is 5.91 Å². The van der Waals surface area contributed by atoms with E-state index in [4.69, 9.17) is 11.6 Å². The highest BCUT2D eigenvalue weighted by atomic mass is 35.5. The van der Waals surface area contributed by atoms with Crippen LogP contribution in [0.5, 0.6) is 0 Å². The van der Waals surface area contributed by atoms with E-state index < -0.39 is 5.54 Å². The van der Waals surface area contributed by atoms with Crippen LogP contribution in [0.4, 0.5) is 0 Å². The summed E-state index contributed by atoms with van der Waals surface area (Å²) in [5.41, 5.74) is 0.740. The van der Waals surface area contributed by atoms with Gasteiger partial charge in [-0.2, -0.15) is 0 Å². The first-order valence-corrected chi connectivity index (χ1v) is 7.89. The van der Waals surface area contributed by atoms with Crippen molar-refractivity contribution in [2.75, 3.05) is 13.6 Å². The second kappa shape index (κ2) is 6.60. The van der Waals surface area contributed by atoms with Crippen molar-refractivity contribution in [2.24, 2.45) is 0 Å². The van der Waals surface area contributed by atoms with Crippen LogP contribution in [0.25, 0.3) is 0 Å². The number of hydrogen-bond acceptors (Lipinski definition) is 5. The van der Waals surface area contributed by atoms with Crippen molar-refractivity contribution < 1.29 is 4.79 Å². The smallest absolute Gasteiger partial charge is 0.246 e. The van der Waals surface area contributed by atoms with Gasteiger partial charge in [-0.05, 0) is 25.0 Å². The van der Waals surface area contributed by atoms with E-state index in [2.05, 4.69) is 25.2 Å². The van der Waals surface area contributed by atoms with E-state index >= 15 is 0 Å². The number of carbonyl (C=O) groups excluding carboxylic acids is 1. The van der Waals surface area contributed by atoms with Crippen LogP contribution in [0.1, 0.15) is 24.2 Å². The first-order valence-electron chi connectivity index (χ1n) is 7.51. The van der Waals surface area contributed by atoms with E-state index in [1.54, 1.807) is 31.8 Å². The van der Waals surface area contributed by atoms with Crippen LogP contribution in [0.2, 0.25) is 5.02 Å². The predicted molar refractivity (Wildman–Crippen MR) is 86.7 cm³/mol. The highest BCUT2D eigenvalue weighted by Gasteiger charge is 2.49. The Balaban J connectivity index is 1.97. The zero-order chi connectivity index (χ0) is 16.3. The number of likely N-dealkylation sites (tertiary alicyclic amines) is 1. The van der Waals surface area contributed by atoms with Crippen molar-refractivity contribution in [2.45, 2.75) is 24.9 Å². The van der Waals surface area contributed by atoms with E-state index in [1.807, 2.05) is 12.1 Å². The molecule has 2 aromatic heterocycles. The Hall–Kier alpha value is -2.05. The second-order valence-electron chi connectivity index (χ2n) is 5.52. The molecule has 23 heavy (non-hydrogen) atoms. The minimum absolute atomic E-state index is 0.0653. The number of likely N-dealkylation sites (N-methyl/N-ethyl adjacent to an activating group) is 1. The highest BCUT2D eigenvalue weighted by Crippen LogP contribution is 2.38. The summed E-state index contributed by atoms with van der Waals surface area (Å²) in [6.07, 6.45) is 8.15. The van der Waals surface area contributed by atoms with Crippen LogP contribution in [-0.4, -0.2) is 39.4 Å². The zero-order valence-corrected chi connectivity index (χ0v) is 13.6. The van der Waals surface area contributed by atoms with E-state index in [0.29, 0.717) is 23.7 Å². The fourth-order valence-corrected chi connectivity index (χ4v) is 3.28. The Kier molecular flexibility index (Phi) is 4.54. The van der Waals surface area contributed by atoms with Crippen molar-refractivity contribution in [3.63, 3.8) is 0 Å². The molecule has 1 saturated heterocycles. The number of amides is 1. The van der Waals surface area contributed by atoms with Gasteiger partial charge in [-0.1, -0.05) is 11.6 Å². The van der Waals surface area contributed by atoms with Crippen LogP contribution in [-0.2, 0) is 16.9 Å². The summed E-state index contributed by atoms with van der Waals surface area (Å²) in [4.78, 5) is 27.7. The van der Waals surface area contributed by atoms with Crippen LogP contribution in [0.15, 0.2) is 36.9 Å². The average Bonchev–Trinajstić information content (AvgIpc) is 3.01. The molecule has 3 rings (SSSR count). The Morgan fingerprint density at radius 3 is 2.87 bits per heavy atom. The van der Waals surface area contributed by atoms with Gasteiger partial charge in [-0.3, -0.25) is 24.6 Å². The average molecular weight is 332 g/mol. The zero-order valence-electron chi connectivity index (χ0n) is 12.9. The van der Waals surface area contributed by atoms with E-state index in [-0.39, 0.29) is 5.91 Å². The maximum atomic E-state index is 12.7. The third-order valence-electron chi connectivity index (χ3n) is 4.24. The molecule has 0 unspecified atom stereocenters. The summed E-state index contributed by atoms with van der Waals surface area (Å²) in [5.74, 6) is -0.0653. The molecular weight excluding hydrogens is 314 g/mol. The van der Waals surface area contributed by atoms with Crippen LogP contribution < -0.4 is 5.32 Å². The predicted octanol–water partition coefficient (Wildman–Crippen LogP) is 1.76. The second-order valence-corrected chi connectivity index (χ2v) is 5.96. The Morgan fingerprint density at radius 2 is 2.22 bits per heavy atom. The quantitative estimate of drug-likeness (QED) is 0.924. The molecule has 0 radical (unpaired) electrons. The lowest BCUT2D eigenvalue weighted by molar-refractivity contribution is -0.132. The first-order chi connectivity index (χ1) is 11.2. The summed E-state index contributed by atoms with van der Waals surface area (Å²) in [7, 11) is 1.65. The lowest BCUT2D eigenvalue weighted by Gasteiger charge is -2.35. The van der Waals surface area contributed by atoms with Crippen molar-refractivity contribution in [1.82, 2.24) is 25.2 Å². The lowest BCUT2D eigenvalue weighted by atomic mass is 9.90. The molecule has 0 bridgehead atoms. The molecule has 0 saturated carbocycles. The topological polar surface area (TPSA) is 71.0 Å². The van der Waals surface area contributed by atoms with E-state index in [1.165, 1.54) is 0 Å². The van der Waals surface area contributed by atoms with Gasteiger partial charge in [0, 0.05) is 38.7 Å². The maximum Gasteiger partial charge on any atom is 0.246 e. The molecule has 3 heterocycles. The Labute approximate surface area is 139 Å². The molecule has 120 valence electrons. The third kappa shape index (κ3) is 2.92. The monoisotopic (exact) mass is 331 g/mol. The SMILES string of the molecule is CNC(=O)[C@]1(c2cnccn2)CCCN1Cc1ccc(Cl)cn1. The van der Waals surface area contributed by atoms with Gasteiger partial charge in [0.15, 0.2) is 0 Å². The number of nitrogens with one attached hydrogen (secondary N) is 1. The van der Waals surface area contributed by atoms with Crippen LogP contribution >= 0.6 is 11.6 Å². The number of aromatic nitrogens is 3. The number of hydrogen-bond donors (Lipinski definition) is 1.